The minimum Gasteiger partial charge on any atom is -0.464 e. The Hall–Kier alpha value is -2.11. The second-order valence-corrected chi connectivity index (χ2v) is 6.17. The number of hydrogen-bond donors (Lipinski definition) is 0. The van der Waals surface area contributed by atoms with E-state index in [0.717, 1.165) is 12.0 Å². The Balaban J connectivity index is 3.06. The monoisotopic (exact) mass is 353 g/mol. The molecule has 0 aliphatic heterocycles. The van der Waals surface area contributed by atoms with E-state index >= 15 is 0 Å². The maximum Gasteiger partial charge on any atom is 0.410 e. The number of carbonyl (C=O) groups is 2. The number of amides is 1. The van der Waals surface area contributed by atoms with E-state index in [1.165, 1.54) is 17.0 Å². The predicted molar refractivity (Wildman–Crippen MR) is 93.7 cm³/mol. The lowest BCUT2D eigenvalue weighted by Gasteiger charge is -2.30. The highest BCUT2D eigenvalue weighted by molar-refractivity contribution is 5.81. The van der Waals surface area contributed by atoms with Gasteiger partial charge in [-0.05, 0) is 43.9 Å². The normalized spacial score (nSPS) is 11.9. The quantitative estimate of drug-likeness (QED) is 0.634. The van der Waals surface area contributed by atoms with Gasteiger partial charge in [-0.15, -0.1) is 0 Å². The van der Waals surface area contributed by atoms with Crippen LogP contribution in [0.15, 0.2) is 24.3 Å². The molecular weight excluding hydrogens is 325 g/mol. The fourth-order valence-corrected chi connectivity index (χ4v) is 2.38. The molecule has 6 heteroatoms. The predicted octanol–water partition coefficient (Wildman–Crippen LogP) is 3.80. The van der Waals surface area contributed by atoms with E-state index in [1.54, 1.807) is 26.0 Å². The van der Waals surface area contributed by atoms with Crippen molar-refractivity contribution < 1.29 is 23.5 Å². The van der Waals surface area contributed by atoms with Gasteiger partial charge in [0.05, 0.1) is 13.2 Å². The van der Waals surface area contributed by atoms with Crippen molar-refractivity contribution in [1.82, 2.24) is 4.90 Å². The van der Waals surface area contributed by atoms with Crippen molar-refractivity contribution in [2.45, 2.75) is 46.6 Å². The molecule has 0 spiro atoms. The summed E-state index contributed by atoms with van der Waals surface area (Å²) in [7, 11) is 0. The molecule has 0 saturated carbocycles. The molecule has 1 atom stereocenters. The van der Waals surface area contributed by atoms with Gasteiger partial charge in [0.1, 0.15) is 11.9 Å². The third-order valence-electron chi connectivity index (χ3n) is 3.73. The zero-order valence-electron chi connectivity index (χ0n) is 15.5. The van der Waals surface area contributed by atoms with Crippen LogP contribution in [-0.4, -0.2) is 42.8 Å². The van der Waals surface area contributed by atoms with E-state index in [2.05, 4.69) is 0 Å². The lowest BCUT2D eigenvalue weighted by atomic mass is 10.0. The van der Waals surface area contributed by atoms with Crippen LogP contribution in [0.5, 0.6) is 0 Å². The van der Waals surface area contributed by atoms with Gasteiger partial charge in [0.25, 0.3) is 0 Å². The molecule has 1 unspecified atom stereocenters. The van der Waals surface area contributed by atoms with Crippen LogP contribution >= 0.6 is 0 Å². The molecule has 0 aliphatic carbocycles. The van der Waals surface area contributed by atoms with Crippen LogP contribution in [0.2, 0.25) is 0 Å². The molecule has 0 aliphatic rings. The van der Waals surface area contributed by atoms with Crippen molar-refractivity contribution in [3.05, 3.63) is 35.6 Å². The minimum atomic E-state index is -0.803. The van der Waals surface area contributed by atoms with E-state index < -0.39 is 18.1 Å². The zero-order valence-corrected chi connectivity index (χ0v) is 15.5. The van der Waals surface area contributed by atoms with Gasteiger partial charge in [0, 0.05) is 13.0 Å². The van der Waals surface area contributed by atoms with E-state index in [-0.39, 0.29) is 25.5 Å². The molecule has 0 N–H and O–H groups in total. The van der Waals surface area contributed by atoms with Crippen LogP contribution in [0.25, 0.3) is 0 Å². The Labute approximate surface area is 149 Å². The van der Waals surface area contributed by atoms with Gasteiger partial charge in [-0.25, -0.2) is 14.0 Å². The van der Waals surface area contributed by atoms with Gasteiger partial charge >= 0.3 is 12.1 Å². The number of ether oxygens (including phenoxy) is 2. The molecule has 0 bridgehead atoms. The van der Waals surface area contributed by atoms with Crippen LogP contribution in [0.1, 0.15) is 39.7 Å². The first-order valence-electron chi connectivity index (χ1n) is 8.73. The lowest BCUT2D eigenvalue weighted by molar-refractivity contribution is -0.149. The molecule has 0 saturated heterocycles. The molecule has 0 aromatic heterocycles. The van der Waals surface area contributed by atoms with E-state index in [4.69, 9.17) is 9.47 Å². The Morgan fingerprint density at radius 3 is 2.20 bits per heavy atom. The maximum atomic E-state index is 13.1. The number of nitrogens with zero attached hydrogens (tertiary/aromatic N) is 1. The number of esters is 1. The molecule has 140 valence electrons. The number of benzene rings is 1. The molecule has 25 heavy (non-hydrogen) atoms. The van der Waals surface area contributed by atoms with Crippen LogP contribution < -0.4 is 0 Å². The number of rotatable bonds is 9. The van der Waals surface area contributed by atoms with Crippen molar-refractivity contribution >= 4 is 12.1 Å². The van der Waals surface area contributed by atoms with Gasteiger partial charge in [-0.3, -0.25) is 4.90 Å². The van der Waals surface area contributed by atoms with E-state index in [1.807, 2.05) is 13.8 Å². The molecule has 0 fully saturated rings. The van der Waals surface area contributed by atoms with Crippen molar-refractivity contribution in [1.29, 1.82) is 0 Å². The summed E-state index contributed by atoms with van der Waals surface area (Å²) < 4.78 is 23.4. The maximum absolute atomic E-state index is 13.1. The molecule has 0 radical (unpaired) electrons. The van der Waals surface area contributed by atoms with Gasteiger partial charge in [-0.2, -0.15) is 0 Å². The largest absolute Gasteiger partial charge is 0.464 e. The molecular formula is C19H28FNO4. The highest BCUT2D eigenvalue weighted by Gasteiger charge is 2.32. The van der Waals surface area contributed by atoms with Gasteiger partial charge in [0.2, 0.25) is 0 Å². The van der Waals surface area contributed by atoms with Gasteiger partial charge < -0.3 is 9.47 Å². The average Bonchev–Trinajstić information content (AvgIpc) is 2.56. The second kappa shape index (κ2) is 10.7. The summed E-state index contributed by atoms with van der Waals surface area (Å²) in [5.74, 6) is -0.465. The van der Waals surface area contributed by atoms with E-state index in [0.29, 0.717) is 12.5 Å². The Morgan fingerprint density at radius 1 is 1.08 bits per heavy atom. The second-order valence-electron chi connectivity index (χ2n) is 6.17. The SMILES string of the molecule is CCOC(=O)C(Cc1ccc(F)cc1)N(CCC(C)C)C(=O)OCC. The third kappa shape index (κ3) is 7.11. The average molecular weight is 353 g/mol. The standard InChI is InChI=1S/C19H28FNO4/c1-5-24-18(22)17(13-15-7-9-16(20)10-8-15)21(12-11-14(3)4)19(23)25-6-2/h7-10,14,17H,5-6,11-13H2,1-4H3. The topological polar surface area (TPSA) is 55.8 Å². The first-order chi connectivity index (χ1) is 11.9. The fraction of sp³-hybridized carbons (Fsp3) is 0.579. The zero-order chi connectivity index (χ0) is 18.8. The van der Waals surface area contributed by atoms with E-state index in [9.17, 15) is 14.0 Å². The van der Waals surface area contributed by atoms with Crippen LogP contribution in [0.3, 0.4) is 0 Å². The lowest BCUT2D eigenvalue weighted by Crippen LogP contribution is -2.48. The van der Waals surface area contributed by atoms with Crippen molar-refractivity contribution in [2.75, 3.05) is 19.8 Å². The Bertz CT molecular complexity index is 545. The van der Waals surface area contributed by atoms with Crippen LogP contribution in [-0.2, 0) is 20.7 Å². The molecule has 0 heterocycles. The number of carbonyl (C=O) groups excluding carboxylic acids is 2. The first kappa shape index (κ1) is 20.9. The highest BCUT2D eigenvalue weighted by atomic mass is 19.1. The van der Waals surface area contributed by atoms with Crippen molar-refractivity contribution in [2.24, 2.45) is 5.92 Å². The smallest absolute Gasteiger partial charge is 0.410 e. The van der Waals surface area contributed by atoms with Crippen LogP contribution in [0.4, 0.5) is 9.18 Å². The molecule has 1 amide bonds. The number of halogens is 1. The van der Waals surface area contributed by atoms with Crippen molar-refractivity contribution in [3.63, 3.8) is 0 Å². The summed E-state index contributed by atoms with van der Waals surface area (Å²) >= 11 is 0. The summed E-state index contributed by atoms with van der Waals surface area (Å²) in [4.78, 5) is 26.3. The summed E-state index contributed by atoms with van der Waals surface area (Å²) in [5, 5.41) is 0. The Kier molecular flexibility index (Phi) is 8.95. The molecule has 1 aromatic rings. The summed E-state index contributed by atoms with van der Waals surface area (Å²) in [6, 6.07) is 5.07. The fourth-order valence-electron chi connectivity index (χ4n) is 2.38. The summed E-state index contributed by atoms with van der Waals surface area (Å²) in [5.41, 5.74) is 0.748. The summed E-state index contributed by atoms with van der Waals surface area (Å²) in [6.45, 7) is 8.36. The van der Waals surface area contributed by atoms with Gasteiger partial charge in [-0.1, -0.05) is 26.0 Å². The van der Waals surface area contributed by atoms with Gasteiger partial charge in [0.15, 0.2) is 0 Å². The number of hydrogen-bond acceptors (Lipinski definition) is 4. The molecule has 1 rings (SSSR count). The molecule has 5 nitrogen and oxygen atoms in total. The Morgan fingerprint density at radius 2 is 1.68 bits per heavy atom. The van der Waals surface area contributed by atoms with Crippen LogP contribution in [0, 0.1) is 11.7 Å². The minimum absolute atomic E-state index is 0.222. The first-order valence-corrected chi connectivity index (χ1v) is 8.73. The summed E-state index contributed by atoms with van der Waals surface area (Å²) in [6.07, 6.45) is 0.442. The van der Waals surface area contributed by atoms with Crippen molar-refractivity contribution in [3.8, 4) is 0 Å². The molecule has 1 aromatic carbocycles. The third-order valence-corrected chi connectivity index (χ3v) is 3.73. The highest BCUT2D eigenvalue weighted by Crippen LogP contribution is 2.15.